The summed E-state index contributed by atoms with van der Waals surface area (Å²) >= 11 is 0. The van der Waals surface area contributed by atoms with Gasteiger partial charge in [0.25, 0.3) is 5.91 Å². The number of carbonyl (C=O) groups excluding carboxylic acids is 1. The monoisotopic (exact) mass is 414 g/mol. The van der Waals surface area contributed by atoms with Crippen LogP contribution in [0.5, 0.6) is 0 Å². The Morgan fingerprint density at radius 3 is 2.39 bits per heavy atom. The van der Waals surface area contributed by atoms with Gasteiger partial charge in [-0.3, -0.25) is 4.79 Å². The van der Waals surface area contributed by atoms with Crippen molar-refractivity contribution in [2.45, 2.75) is 33.5 Å². The van der Waals surface area contributed by atoms with Crippen molar-refractivity contribution in [1.82, 2.24) is 20.1 Å². The number of carbonyl (C=O) groups is 1. The summed E-state index contributed by atoms with van der Waals surface area (Å²) in [5, 5.41) is 8.28. The van der Waals surface area contributed by atoms with E-state index in [-0.39, 0.29) is 5.91 Å². The van der Waals surface area contributed by atoms with Crippen molar-refractivity contribution in [2.24, 2.45) is 0 Å². The van der Waals surface area contributed by atoms with E-state index in [4.69, 9.17) is 4.74 Å². The highest BCUT2D eigenvalue weighted by Crippen LogP contribution is 2.20. The van der Waals surface area contributed by atoms with Gasteiger partial charge in [0.1, 0.15) is 0 Å². The third-order valence-electron chi connectivity index (χ3n) is 5.22. The zero-order chi connectivity index (χ0) is 21.8. The molecule has 1 amide bonds. The lowest BCUT2D eigenvalue weighted by molar-refractivity contribution is 0.0952. The maximum atomic E-state index is 13.0. The highest BCUT2D eigenvalue weighted by molar-refractivity contribution is 6.05. The maximum Gasteiger partial charge on any atom is 0.252 e. The van der Waals surface area contributed by atoms with Crippen molar-refractivity contribution in [3.05, 3.63) is 94.3 Å². The van der Waals surface area contributed by atoms with Crippen LogP contribution in [0.2, 0.25) is 0 Å². The number of nitrogens with one attached hydrogen (secondary N) is 1. The Bertz CT molecular complexity index is 1190. The summed E-state index contributed by atoms with van der Waals surface area (Å²) in [5.74, 6) is -0.133. The first kappa shape index (κ1) is 20.8. The highest BCUT2D eigenvalue weighted by Gasteiger charge is 2.16. The van der Waals surface area contributed by atoms with Crippen molar-refractivity contribution in [1.29, 1.82) is 0 Å². The molecule has 4 rings (SSSR count). The number of nitrogens with zero attached hydrogens (tertiary/aromatic N) is 3. The summed E-state index contributed by atoms with van der Waals surface area (Å²) in [5.41, 5.74) is 6.59. The number of aryl methyl sites for hydroxylation is 2. The van der Waals surface area contributed by atoms with Gasteiger partial charge in [-0.25, -0.2) is 9.67 Å². The van der Waals surface area contributed by atoms with Crippen LogP contribution in [0.1, 0.15) is 38.3 Å². The van der Waals surface area contributed by atoms with Crippen LogP contribution in [0.15, 0.2) is 60.8 Å². The number of benzene rings is 2. The minimum absolute atomic E-state index is 0.133. The molecule has 0 aliphatic rings. The molecule has 0 aliphatic heterocycles. The number of amides is 1. The van der Waals surface area contributed by atoms with Crippen LogP contribution in [0, 0.1) is 13.8 Å². The minimum atomic E-state index is -0.133. The fraction of sp³-hybridized carbons (Fsp3) is 0.240. The number of fused-ring (bicyclic) bond motifs is 1. The van der Waals surface area contributed by atoms with Gasteiger partial charge in [0, 0.05) is 19.3 Å². The molecule has 2 aromatic heterocycles. The Morgan fingerprint density at radius 2 is 1.68 bits per heavy atom. The Morgan fingerprint density at radius 1 is 1.00 bits per heavy atom. The number of ether oxygens (including phenoxy) is 1. The Labute approximate surface area is 181 Å². The van der Waals surface area contributed by atoms with E-state index < -0.39 is 0 Å². The lowest BCUT2D eigenvalue weighted by atomic mass is 10.1. The first-order chi connectivity index (χ1) is 15.0. The summed E-state index contributed by atoms with van der Waals surface area (Å²) < 4.78 is 6.98. The average molecular weight is 415 g/mol. The van der Waals surface area contributed by atoms with E-state index >= 15 is 0 Å². The second-order valence-electron chi connectivity index (χ2n) is 7.77. The van der Waals surface area contributed by atoms with Gasteiger partial charge in [0.15, 0.2) is 5.65 Å². The van der Waals surface area contributed by atoms with Gasteiger partial charge >= 0.3 is 0 Å². The topological polar surface area (TPSA) is 69.0 Å². The molecule has 0 saturated carbocycles. The molecule has 0 radical (unpaired) electrons. The molecular formula is C25H26N4O2. The van der Waals surface area contributed by atoms with Crippen LogP contribution < -0.4 is 5.32 Å². The molecule has 158 valence electrons. The van der Waals surface area contributed by atoms with E-state index in [9.17, 15) is 4.79 Å². The molecule has 0 atom stereocenters. The normalized spacial score (nSPS) is 11.1. The van der Waals surface area contributed by atoms with Crippen molar-refractivity contribution in [3.8, 4) is 0 Å². The largest absolute Gasteiger partial charge is 0.380 e. The summed E-state index contributed by atoms with van der Waals surface area (Å²) in [6.07, 6.45) is 1.73. The second kappa shape index (κ2) is 9.10. The third-order valence-corrected chi connectivity index (χ3v) is 5.22. The van der Waals surface area contributed by atoms with Crippen LogP contribution in [-0.4, -0.2) is 27.8 Å². The molecule has 6 nitrogen and oxygen atoms in total. The lowest BCUT2D eigenvalue weighted by Crippen LogP contribution is -2.23. The number of hydrogen-bond acceptors (Lipinski definition) is 4. The number of rotatable bonds is 7. The average Bonchev–Trinajstić information content (AvgIpc) is 3.16. The number of hydrogen-bond donors (Lipinski definition) is 1. The molecule has 6 heteroatoms. The molecule has 0 spiro atoms. The van der Waals surface area contributed by atoms with Gasteiger partial charge in [0.05, 0.1) is 30.3 Å². The van der Waals surface area contributed by atoms with Crippen LogP contribution in [-0.2, 0) is 24.4 Å². The van der Waals surface area contributed by atoms with Gasteiger partial charge in [-0.1, -0.05) is 54.1 Å². The highest BCUT2D eigenvalue weighted by atomic mass is 16.5. The van der Waals surface area contributed by atoms with E-state index in [0.717, 1.165) is 33.4 Å². The first-order valence-electron chi connectivity index (χ1n) is 10.3. The maximum absolute atomic E-state index is 13.0. The number of aromatic nitrogens is 3. The predicted octanol–water partition coefficient (Wildman–Crippen LogP) is 4.17. The molecule has 0 unspecified atom stereocenters. The van der Waals surface area contributed by atoms with Gasteiger partial charge in [-0.05, 0) is 36.6 Å². The molecular weight excluding hydrogens is 388 g/mol. The molecule has 31 heavy (non-hydrogen) atoms. The summed E-state index contributed by atoms with van der Waals surface area (Å²) in [6, 6.07) is 18.2. The predicted molar refractivity (Wildman–Crippen MR) is 121 cm³/mol. The lowest BCUT2D eigenvalue weighted by Gasteiger charge is -2.09. The van der Waals surface area contributed by atoms with E-state index in [2.05, 4.69) is 46.6 Å². The van der Waals surface area contributed by atoms with E-state index in [1.165, 1.54) is 5.56 Å². The van der Waals surface area contributed by atoms with Gasteiger partial charge in [-0.15, -0.1) is 0 Å². The summed E-state index contributed by atoms with van der Waals surface area (Å²) in [7, 11) is 1.68. The Balaban J connectivity index is 1.53. The van der Waals surface area contributed by atoms with Crippen LogP contribution in [0.4, 0.5) is 0 Å². The van der Waals surface area contributed by atoms with Crippen molar-refractivity contribution >= 4 is 16.9 Å². The molecule has 0 bridgehead atoms. The fourth-order valence-electron chi connectivity index (χ4n) is 3.54. The number of methoxy groups -OCH3 is 1. The van der Waals surface area contributed by atoms with Crippen LogP contribution in [0.25, 0.3) is 11.0 Å². The standard InChI is InChI=1S/C25H26N4O2/c1-17-4-6-20(7-5-17)15-29-24-23(14-27-29)22(12-18(2)28-24)25(30)26-13-19-8-10-21(11-9-19)16-31-3/h4-12,14H,13,15-16H2,1-3H3,(H,26,30). The minimum Gasteiger partial charge on any atom is -0.380 e. The molecule has 4 aromatic rings. The van der Waals surface area contributed by atoms with Crippen molar-refractivity contribution in [3.63, 3.8) is 0 Å². The third kappa shape index (κ3) is 4.81. The smallest absolute Gasteiger partial charge is 0.252 e. The van der Waals surface area contributed by atoms with E-state index in [0.29, 0.717) is 25.3 Å². The molecule has 0 aliphatic carbocycles. The molecule has 2 heterocycles. The van der Waals surface area contributed by atoms with Crippen LogP contribution >= 0.6 is 0 Å². The molecule has 1 N–H and O–H groups in total. The fourth-order valence-corrected chi connectivity index (χ4v) is 3.54. The van der Waals surface area contributed by atoms with Crippen molar-refractivity contribution in [2.75, 3.05) is 7.11 Å². The SMILES string of the molecule is COCc1ccc(CNC(=O)c2cc(C)nc3c2cnn3Cc2ccc(C)cc2)cc1. The second-order valence-corrected chi connectivity index (χ2v) is 7.77. The quantitative estimate of drug-likeness (QED) is 0.493. The van der Waals surface area contributed by atoms with Crippen molar-refractivity contribution < 1.29 is 9.53 Å². The molecule has 2 aromatic carbocycles. The molecule has 0 fully saturated rings. The summed E-state index contributed by atoms with van der Waals surface area (Å²) in [6.45, 7) is 5.60. The van der Waals surface area contributed by atoms with E-state index in [1.54, 1.807) is 13.3 Å². The Kier molecular flexibility index (Phi) is 6.09. The molecule has 0 saturated heterocycles. The number of pyridine rings is 1. The van der Waals surface area contributed by atoms with Gasteiger partial charge in [0.2, 0.25) is 0 Å². The first-order valence-corrected chi connectivity index (χ1v) is 10.3. The van der Waals surface area contributed by atoms with E-state index in [1.807, 2.05) is 41.9 Å². The summed E-state index contributed by atoms with van der Waals surface area (Å²) in [4.78, 5) is 17.6. The Hall–Kier alpha value is -3.51. The zero-order valence-corrected chi connectivity index (χ0v) is 18.1. The van der Waals surface area contributed by atoms with Gasteiger partial charge < -0.3 is 10.1 Å². The van der Waals surface area contributed by atoms with Crippen LogP contribution in [0.3, 0.4) is 0 Å². The zero-order valence-electron chi connectivity index (χ0n) is 18.1. The van der Waals surface area contributed by atoms with Gasteiger partial charge in [-0.2, -0.15) is 5.10 Å².